The van der Waals surface area contributed by atoms with Crippen molar-refractivity contribution in [1.82, 2.24) is 4.98 Å². The molecule has 0 atom stereocenters. The first kappa shape index (κ1) is 11.9. The van der Waals surface area contributed by atoms with Crippen LogP contribution >= 0.6 is 0 Å². The summed E-state index contributed by atoms with van der Waals surface area (Å²) in [6, 6.07) is 3.64. The van der Waals surface area contributed by atoms with Crippen LogP contribution in [0.1, 0.15) is 36.9 Å². The maximum atomic E-state index is 7.47. The summed E-state index contributed by atoms with van der Waals surface area (Å²) in [6.45, 7) is 2.57. The lowest BCUT2D eigenvalue weighted by Crippen LogP contribution is -2.17. The van der Waals surface area contributed by atoms with Gasteiger partial charge in [0.05, 0.1) is 12.2 Å². The monoisotopic (exact) mass is 233 g/mol. The van der Waals surface area contributed by atoms with Gasteiger partial charge in [-0.2, -0.15) is 0 Å². The number of nitrogens with zero attached hydrogens (tertiary/aromatic N) is 1. The van der Waals surface area contributed by atoms with Crippen LogP contribution in [0.3, 0.4) is 0 Å². The van der Waals surface area contributed by atoms with E-state index in [1.54, 1.807) is 6.07 Å². The number of hydrogen-bond acceptors (Lipinski definition) is 3. The number of hydrogen-bond donors (Lipinski definition) is 2. The Kier molecular flexibility index (Phi) is 3.61. The number of nitrogens with two attached hydrogens (primary N) is 1. The quantitative estimate of drug-likeness (QED) is 0.605. The molecule has 1 fully saturated rings. The molecule has 3 N–H and O–H groups in total. The lowest BCUT2D eigenvalue weighted by atomic mass is 9.83. The van der Waals surface area contributed by atoms with Gasteiger partial charge in [-0.15, -0.1) is 0 Å². The minimum absolute atomic E-state index is 0.0103. The van der Waals surface area contributed by atoms with Gasteiger partial charge in [0.15, 0.2) is 0 Å². The van der Waals surface area contributed by atoms with E-state index in [9.17, 15) is 0 Å². The fraction of sp³-hybridized carbons (Fsp3) is 0.538. The van der Waals surface area contributed by atoms with Crippen molar-refractivity contribution in [3.05, 3.63) is 23.4 Å². The van der Waals surface area contributed by atoms with Gasteiger partial charge in [-0.25, -0.2) is 4.98 Å². The van der Waals surface area contributed by atoms with E-state index in [2.05, 4.69) is 4.98 Å². The number of ether oxygens (including phenoxy) is 1. The lowest BCUT2D eigenvalue weighted by Gasteiger charge is -2.25. The summed E-state index contributed by atoms with van der Waals surface area (Å²) in [4.78, 5) is 4.29. The molecule has 1 aromatic rings. The summed E-state index contributed by atoms with van der Waals surface area (Å²) in [7, 11) is 0. The van der Waals surface area contributed by atoms with Crippen molar-refractivity contribution in [2.75, 3.05) is 6.61 Å². The SMILES string of the molecule is Cc1ccc(C(=N)N)c(OCCC2CCC2)n1. The first-order valence-corrected chi connectivity index (χ1v) is 6.11. The highest BCUT2D eigenvalue weighted by Crippen LogP contribution is 2.29. The standard InChI is InChI=1S/C13H19N3O/c1-9-5-6-11(12(14)15)13(16-9)17-8-7-10-3-2-4-10/h5-6,10H,2-4,7-8H2,1H3,(H3,14,15). The Balaban J connectivity index is 1.97. The average molecular weight is 233 g/mol. The second-order valence-electron chi connectivity index (χ2n) is 4.65. The minimum atomic E-state index is 0.0103. The van der Waals surface area contributed by atoms with E-state index in [1.165, 1.54) is 19.3 Å². The van der Waals surface area contributed by atoms with Gasteiger partial charge in [0.1, 0.15) is 5.84 Å². The summed E-state index contributed by atoms with van der Waals surface area (Å²) in [5, 5.41) is 7.47. The number of rotatable bonds is 5. The van der Waals surface area contributed by atoms with Gasteiger partial charge in [-0.05, 0) is 31.4 Å². The van der Waals surface area contributed by atoms with Gasteiger partial charge in [0.2, 0.25) is 5.88 Å². The predicted octanol–water partition coefficient (Wildman–Crippen LogP) is 2.24. The summed E-state index contributed by atoms with van der Waals surface area (Å²) in [5.74, 6) is 1.33. The zero-order chi connectivity index (χ0) is 12.3. The largest absolute Gasteiger partial charge is 0.477 e. The molecule has 0 radical (unpaired) electrons. The van der Waals surface area contributed by atoms with Gasteiger partial charge < -0.3 is 10.5 Å². The lowest BCUT2D eigenvalue weighted by molar-refractivity contribution is 0.217. The van der Waals surface area contributed by atoms with Gasteiger partial charge in [0.25, 0.3) is 0 Å². The highest BCUT2D eigenvalue weighted by Gasteiger charge is 2.17. The van der Waals surface area contributed by atoms with Crippen molar-refractivity contribution in [2.24, 2.45) is 11.7 Å². The van der Waals surface area contributed by atoms with Gasteiger partial charge in [-0.1, -0.05) is 19.3 Å². The number of nitrogen functional groups attached to an aromatic ring is 1. The van der Waals surface area contributed by atoms with Crippen molar-refractivity contribution in [3.63, 3.8) is 0 Å². The molecule has 0 bridgehead atoms. The van der Waals surface area contributed by atoms with Crippen LogP contribution in [0, 0.1) is 18.3 Å². The summed E-state index contributed by atoms with van der Waals surface area (Å²) in [5.41, 5.74) is 6.97. The highest BCUT2D eigenvalue weighted by molar-refractivity contribution is 5.97. The van der Waals surface area contributed by atoms with Crippen molar-refractivity contribution < 1.29 is 4.74 Å². The second-order valence-corrected chi connectivity index (χ2v) is 4.65. The van der Waals surface area contributed by atoms with Gasteiger partial charge >= 0.3 is 0 Å². The van der Waals surface area contributed by atoms with E-state index in [-0.39, 0.29) is 5.84 Å². The van der Waals surface area contributed by atoms with Crippen LogP contribution in [0.2, 0.25) is 0 Å². The Bertz CT molecular complexity index is 413. The fourth-order valence-electron chi connectivity index (χ4n) is 1.95. The minimum Gasteiger partial charge on any atom is -0.477 e. The van der Waals surface area contributed by atoms with Crippen LogP contribution in [0.15, 0.2) is 12.1 Å². The number of pyridine rings is 1. The zero-order valence-electron chi connectivity index (χ0n) is 10.2. The normalized spacial score (nSPS) is 15.4. The molecule has 4 heteroatoms. The van der Waals surface area contributed by atoms with Crippen LogP contribution in [0.4, 0.5) is 0 Å². The second kappa shape index (κ2) is 5.17. The van der Waals surface area contributed by atoms with Crippen molar-refractivity contribution in [1.29, 1.82) is 5.41 Å². The van der Waals surface area contributed by atoms with E-state index < -0.39 is 0 Å². The number of aryl methyl sites for hydroxylation is 1. The Labute approximate surface area is 102 Å². The number of aromatic nitrogens is 1. The summed E-state index contributed by atoms with van der Waals surface area (Å²) < 4.78 is 5.65. The van der Waals surface area contributed by atoms with E-state index in [0.717, 1.165) is 18.0 Å². The first-order chi connectivity index (χ1) is 8.16. The van der Waals surface area contributed by atoms with Crippen LogP contribution in [-0.4, -0.2) is 17.4 Å². The van der Waals surface area contributed by atoms with Crippen molar-refractivity contribution >= 4 is 5.84 Å². The Morgan fingerprint density at radius 2 is 2.29 bits per heavy atom. The molecule has 4 nitrogen and oxygen atoms in total. The van der Waals surface area contributed by atoms with Crippen LogP contribution in [0.25, 0.3) is 0 Å². The van der Waals surface area contributed by atoms with E-state index in [0.29, 0.717) is 18.1 Å². The van der Waals surface area contributed by atoms with Crippen molar-refractivity contribution in [2.45, 2.75) is 32.6 Å². The Morgan fingerprint density at radius 3 is 2.88 bits per heavy atom. The molecule has 0 amide bonds. The highest BCUT2D eigenvalue weighted by atomic mass is 16.5. The van der Waals surface area contributed by atoms with E-state index in [1.807, 2.05) is 13.0 Å². The average Bonchev–Trinajstić information content (AvgIpc) is 2.21. The number of amidine groups is 1. The van der Waals surface area contributed by atoms with Gasteiger partial charge in [0, 0.05) is 5.69 Å². The molecule has 17 heavy (non-hydrogen) atoms. The molecule has 1 aliphatic carbocycles. The van der Waals surface area contributed by atoms with Gasteiger partial charge in [-0.3, -0.25) is 5.41 Å². The third kappa shape index (κ3) is 2.96. The zero-order valence-corrected chi connectivity index (χ0v) is 10.2. The van der Waals surface area contributed by atoms with Crippen molar-refractivity contribution in [3.8, 4) is 5.88 Å². The molecule has 0 unspecified atom stereocenters. The molecule has 1 heterocycles. The molecule has 0 aromatic carbocycles. The van der Waals surface area contributed by atoms with Crippen LogP contribution < -0.4 is 10.5 Å². The van der Waals surface area contributed by atoms with E-state index in [4.69, 9.17) is 15.9 Å². The molecule has 2 rings (SSSR count). The molecule has 1 aromatic heterocycles. The van der Waals surface area contributed by atoms with Crippen LogP contribution in [-0.2, 0) is 0 Å². The topological polar surface area (TPSA) is 72.0 Å². The molecular weight excluding hydrogens is 214 g/mol. The van der Waals surface area contributed by atoms with Crippen LogP contribution in [0.5, 0.6) is 5.88 Å². The molecule has 1 aliphatic rings. The first-order valence-electron chi connectivity index (χ1n) is 6.11. The molecule has 0 spiro atoms. The molecule has 0 aliphatic heterocycles. The van der Waals surface area contributed by atoms with E-state index >= 15 is 0 Å². The Hall–Kier alpha value is -1.58. The molecule has 0 saturated heterocycles. The third-order valence-electron chi connectivity index (χ3n) is 3.28. The molecule has 92 valence electrons. The molecular formula is C13H19N3O. The maximum absolute atomic E-state index is 7.47. The summed E-state index contributed by atoms with van der Waals surface area (Å²) >= 11 is 0. The molecule has 1 saturated carbocycles. The third-order valence-corrected chi connectivity index (χ3v) is 3.28. The number of nitrogens with one attached hydrogen (secondary N) is 1. The fourth-order valence-corrected chi connectivity index (χ4v) is 1.95. The summed E-state index contributed by atoms with van der Waals surface area (Å²) in [6.07, 6.45) is 5.08. The maximum Gasteiger partial charge on any atom is 0.224 e. The Morgan fingerprint density at radius 1 is 1.53 bits per heavy atom. The predicted molar refractivity (Wildman–Crippen MR) is 67.4 cm³/mol. The smallest absolute Gasteiger partial charge is 0.224 e.